The van der Waals surface area contributed by atoms with E-state index in [0.717, 1.165) is 24.3 Å². The summed E-state index contributed by atoms with van der Waals surface area (Å²) in [7, 11) is -0.492. The van der Waals surface area contributed by atoms with Crippen LogP contribution < -0.4 is 4.90 Å². The Kier molecular flexibility index (Phi) is 6.78. The first-order chi connectivity index (χ1) is 15.8. The van der Waals surface area contributed by atoms with Crippen molar-refractivity contribution in [3.8, 4) is 11.3 Å². The molecule has 1 fully saturated rings. The first-order valence-corrected chi connectivity index (χ1v) is 12.1. The van der Waals surface area contributed by atoms with Crippen LogP contribution in [0, 0.1) is 0 Å². The summed E-state index contributed by atoms with van der Waals surface area (Å²) >= 11 is 0. The van der Waals surface area contributed by atoms with E-state index >= 15 is 0 Å². The molecule has 8 heteroatoms. The van der Waals surface area contributed by atoms with E-state index in [1.165, 1.54) is 24.5 Å². The van der Waals surface area contributed by atoms with E-state index in [0.29, 0.717) is 30.3 Å². The fourth-order valence-electron chi connectivity index (χ4n) is 3.53. The van der Waals surface area contributed by atoms with Crippen LogP contribution >= 0.6 is 0 Å². The largest absolute Gasteiger partial charge is 0.457 e. The first-order valence-electron chi connectivity index (χ1n) is 10.6. The van der Waals surface area contributed by atoms with Gasteiger partial charge in [0, 0.05) is 44.0 Å². The molecule has 0 bridgehead atoms. The van der Waals surface area contributed by atoms with Crippen LogP contribution in [0.5, 0.6) is 0 Å². The van der Waals surface area contributed by atoms with Gasteiger partial charge in [-0.15, -0.1) is 0 Å². The van der Waals surface area contributed by atoms with Crippen LogP contribution in [0.1, 0.15) is 16.1 Å². The van der Waals surface area contributed by atoms with Gasteiger partial charge in [0.1, 0.15) is 11.5 Å². The third kappa shape index (κ3) is 5.24. The number of furan rings is 1. The molecule has 0 radical (unpaired) electrons. The van der Waals surface area contributed by atoms with Gasteiger partial charge in [-0.05, 0) is 60.7 Å². The van der Waals surface area contributed by atoms with E-state index in [1.807, 2.05) is 18.2 Å². The van der Waals surface area contributed by atoms with Gasteiger partial charge in [-0.25, -0.2) is 12.7 Å². The maximum absolute atomic E-state index is 12.7. The number of allylic oxidation sites excluding steroid dienone is 1. The number of morpholine rings is 1. The molecule has 0 spiro atoms. The fraction of sp³-hybridized carbons (Fsp3) is 0.240. The lowest BCUT2D eigenvalue weighted by Gasteiger charge is -2.29. The maximum Gasteiger partial charge on any atom is 0.242 e. The highest BCUT2D eigenvalue weighted by molar-refractivity contribution is 7.89. The van der Waals surface area contributed by atoms with Crippen molar-refractivity contribution in [3.63, 3.8) is 0 Å². The number of hydrogen-bond donors (Lipinski definition) is 0. The van der Waals surface area contributed by atoms with Gasteiger partial charge in [-0.1, -0.05) is 12.1 Å². The summed E-state index contributed by atoms with van der Waals surface area (Å²) < 4.78 is 36.8. The SMILES string of the molecule is CN(C)S(=O)(=O)c1ccc(-c2ccc(/C=C/C(=O)c3cccc(N4CCOCC4)c3)o2)cc1. The molecule has 0 unspecified atom stereocenters. The minimum atomic E-state index is -3.48. The summed E-state index contributed by atoms with van der Waals surface area (Å²) in [5.74, 6) is 1.01. The highest BCUT2D eigenvalue weighted by Gasteiger charge is 2.17. The van der Waals surface area contributed by atoms with Gasteiger partial charge in [0.05, 0.1) is 18.1 Å². The molecular weight excluding hydrogens is 440 g/mol. The van der Waals surface area contributed by atoms with Crippen molar-refractivity contribution in [1.29, 1.82) is 0 Å². The highest BCUT2D eigenvalue weighted by Crippen LogP contribution is 2.25. The predicted octanol–water partition coefficient (Wildman–Crippen LogP) is 3.93. The number of sulfonamides is 1. The molecule has 0 N–H and O–H groups in total. The standard InChI is InChI=1S/C25H26N2O5S/c1-26(2)33(29,30)23-10-6-19(7-11-23)25-13-9-22(32-25)8-12-24(28)20-4-3-5-21(18-20)27-14-16-31-17-15-27/h3-13,18H,14-17H2,1-2H3/b12-8+. The van der Waals surface area contributed by atoms with Gasteiger partial charge in [0.2, 0.25) is 10.0 Å². The molecule has 1 aliphatic rings. The van der Waals surface area contributed by atoms with Crippen LogP contribution in [-0.2, 0) is 14.8 Å². The number of hydrogen-bond acceptors (Lipinski definition) is 6. The van der Waals surface area contributed by atoms with Gasteiger partial charge in [-0.2, -0.15) is 0 Å². The Labute approximate surface area is 193 Å². The molecule has 172 valence electrons. The molecule has 0 atom stereocenters. The van der Waals surface area contributed by atoms with Crippen LogP contribution in [0.4, 0.5) is 5.69 Å². The van der Waals surface area contributed by atoms with Crippen LogP contribution in [0.2, 0.25) is 0 Å². The average molecular weight is 467 g/mol. The summed E-state index contributed by atoms with van der Waals surface area (Å²) in [6.45, 7) is 3.00. The maximum atomic E-state index is 12.7. The van der Waals surface area contributed by atoms with Crippen molar-refractivity contribution in [2.45, 2.75) is 4.90 Å². The Bertz CT molecular complexity index is 1250. The van der Waals surface area contributed by atoms with E-state index in [9.17, 15) is 13.2 Å². The van der Waals surface area contributed by atoms with Gasteiger partial charge in [0.25, 0.3) is 0 Å². The number of nitrogens with zero attached hydrogens (tertiary/aromatic N) is 2. The van der Waals surface area contributed by atoms with Gasteiger partial charge in [-0.3, -0.25) is 4.79 Å². The van der Waals surface area contributed by atoms with Crippen molar-refractivity contribution in [1.82, 2.24) is 4.31 Å². The summed E-state index contributed by atoms with van der Waals surface area (Å²) in [6.07, 6.45) is 3.13. The van der Waals surface area contributed by atoms with Crippen molar-refractivity contribution in [2.24, 2.45) is 0 Å². The minimum absolute atomic E-state index is 0.110. The lowest BCUT2D eigenvalue weighted by molar-refractivity contribution is 0.104. The van der Waals surface area contributed by atoms with Gasteiger partial charge < -0.3 is 14.1 Å². The lowest BCUT2D eigenvalue weighted by atomic mass is 10.1. The molecule has 1 saturated heterocycles. The van der Waals surface area contributed by atoms with Gasteiger partial charge >= 0.3 is 0 Å². The van der Waals surface area contributed by atoms with Crippen LogP contribution in [0.3, 0.4) is 0 Å². The summed E-state index contributed by atoms with van der Waals surface area (Å²) in [5, 5.41) is 0. The zero-order valence-electron chi connectivity index (χ0n) is 18.6. The zero-order chi connectivity index (χ0) is 23.4. The molecule has 2 heterocycles. The number of ether oxygens (including phenoxy) is 1. The topological polar surface area (TPSA) is 80.1 Å². The van der Waals surface area contributed by atoms with E-state index in [1.54, 1.807) is 48.5 Å². The lowest BCUT2D eigenvalue weighted by Crippen LogP contribution is -2.36. The smallest absolute Gasteiger partial charge is 0.242 e. The van der Waals surface area contributed by atoms with E-state index in [4.69, 9.17) is 9.15 Å². The van der Waals surface area contributed by atoms with Crippen molar-refractivity contribution in [2.75, 3.05) is 45.3 Å². The molecule has 3 aromatic rings. The molecule has 33 heavy (non-hydrogen) atoms. The van der Waals surface area contributed by atoms with Crippen LogP contribution in [-0.4, -0.2) is 58.9 Å². The van der Waals surface area contributed by atoms with E-state index in [-0.39, 0.29) is 10.7 Å². The zero-order valence-corrected chi connectivity index (χ0v) is 19.4. The molecule has 0 aliphatic carbocycles. The predicted molar refractivity (Wildman–Crippen MR) is 128 cm³/mol. The molecule has 7 nitrogen and oxygen atoms in total. The summed E-state index contributed by atoms with van der Waals surface area (Å²) in [4.78, 5) is 15.1. The molecule has 1 aliphatic heterocycles. The average Bonchev–Trinajstić information content (AvgIpc) is 3.32. The van der Waals surface area contributed by atoms with Gasteiger partial charge in [0.15, 0.2) is 5.78 Å². The molecule has 1 aromatic heterocycles. The number of carbonyl (C=O) groups is 1. The van der Waals surface area contributed by atoms with E-state index in [2.05, 4.69) is 4.90 Å². The normalized spacial score (nSPS) is 14.8. The second-order valence-corrected chi connectivity index (χ2v) is 10.0. The molecular formula is C25H26N2O5S. The minimum Gasteiger partial charge on any atom is -0.457 e. The first kappa shape index (κ1) is 23.0. The number of ketones is 1. The second-order valence-electron chi connectivity index (χ2n) is 7.86. The Morgan fingerprint density at radius 2 is 1.73 bits per heavy atom. The Morgan fingerprint density at radius 3 is 2.42 bits per heavy atom. The Hall–Kier alpha value is -3.20. The number of benzene rings is 2. The molecule has 0 amide bonds. The number of anilines is 1. The molecule has 4 rings (SSSR count). The van der Waals surface area contributed by atoms with E-state index < -0.39 is 10.0 Å². The third-order valence-corrected chi connectivity index (χ3v) is 7.28. The molecule has 2 aromatic carbocycles. The van der Waals surface area contributed by atoms with Crippen molar-refractivity contribution >= 4 is 27.6 Å². The second kappa shape index (κ2) is 9.74. The molecule has 0 saturated carbocycles. The summed E-state index contributed by atoms with van der Waals surface area (Å²) in [6, 6.07) is 17.6. The fourth-order valence-corrected chi connectivity index (χ4v) is 4.43. The quantitative estimate of drug-likeness (QED) is 0.388. The van der Waals surface area contributed by atoms with Crippen molar-refractivity contribution in [3.05, 3.63) is 78.1 Å². The number of carbonyl (C=O) groups excluding carboxylic acids is 1. The summed E-state index contributed by atoms with van der Waals surface area (Å²) in [5.41, 5.74) is 2.37. The Morgan fingerprint density at radius 1 is 1.00 bits per heavy atom. The van der Waals surface area contributed by atoms with Crippen molar-refractivity contribution < 1.29 is 22.4 Å². The monoisotopic (exact) mass is 466 g/mol. The Balaban J connectivity index is 1.45. The van der Waals surface area contributed by atoms with Crippen LogP contribution in [0.25, 0.3) is 17.4 Å². The number of rotatable bonds is 7. The third-order valence-electron chi connectivity index (χ3n) is 5.45. The van der Waals surface area contributed by atoms with Crippen LogP contribution in [0.15, 0.2) is 76.1 Å². The highest BCUT2D eigenvalue weighted by atomic mass is 32.2.